The fourth-order valence-electron chi connectivity index (χ4n) is 2.30. The molecule has 1 aliphatic carbocycles. The maximum atomic E-state index is 5.91. The molecule has 1 aliphatic rings. The Morgan fingerprint density at radius 2 is 2.11 bits per heavy atom. The second-order valence-electron chi connectivity index (χ2n) is 5.55. The first-order valence-electron chi connectivity index (χ1n) is 6.87. The molecular weight excluding hydrogens is 288 g/mol. The molecule has 1 saturated carbocycles. The quantitative estimate of drug-likeness (QED) is 0.862. The largest absolute Gasteiger partial charge is 0.368 e. The zero-order valence-electron chi connectivity index (χ0n) is 11.3. The molecule has 0 heterocycles. The standard InChI is InChI=1S/C15H23BrN2/c1-11(2)8-9-18(12-6-7-12)15-5-3-4-14(16)13(15)10-17/h3-5,11-12H,6-10,17H2,1-2H3. The molecule has 0 radical (unpaired) electrons. The Bertz CT molecular complexity index is 399. The van der Waals surface area contributed by atoms with Gasteiger partial charge in [-0.25, -0.2) is 0 Å². The lowest BCUT2D eigenvalue weighted by Crippen LogP contribution is -2.29. The minimum Gasteiger partial charge on any atom is -0.368 e. The van der Waals surface area contributed by atoms with E-state index in [9.17, 15) is 0 Å². The summed E-state index contributed by atoms with van der Waals surface area (Å²) in [6, 6.07) is 7.15. The fourth-order valence-corrected chi connectivity index (χ4v) is 2.82. The van der Waals surface area contributed by atoms with Gasteiger partial charge in [0, 0.05) is 34.9 Å². The van der Waals surface area contributed by atoms with Crippen molar-refractivity contribution in [3.8, 4) is 0 Å². The second kappa shape index (κ2) is 6.07. The van der Waals surface area contributed by atoms with E-state index in [1.54, 1.807) is 0 Å². The van der Waals surface area contributed by atoms with Gasteiger partial charge in [0.15, 0.2) is 0 Å². The summed E-state index contributed by atoms with van der Waals surface area (Å²) in [6.45, 7) is 6.32. The Labute approximate surface area is 119 Å². The lowest BCUT2D eigenvalue weighted by molar-refractivity contribution is 0.570. The van der Waals surface area contributed by atoms with Crippen molar-refractivity contribution < 1.29 is 0 Å². The molecule has 1 aromatic carbocycles. The van der Waals surface area contributed by atoms with Crippen molar-refractivity contribution in [2.75, 3.05) is 11.4 Å². The number of hydrogen-bond acceptors (Lipinski definition) is 2. The van der Waals surface area contributed by atoms with Crippen molar-refractivity contribution in [3.05, 3.63) is 28.2 Å². The Hall–Kier alpha value is -0.540. The Kier molecular flexibility index (Phi) is 4.68. The molecular formula is C15H23BrN2. The third-order valence-electron chi connectivity index (χ3n) is 3.54. The zero-order chi connectivity index (χ0) is 13.1. The van der Waals surface area contributed by atoms with Crippen LogP contribution in [-0.2, 0) is 6.54 Å². The van der Waals surface area contributed by atoms with Crippen molar-refractivity contribution in [3.63, 3.8) is 0 Å². The molecule has 0 bridgehead atoms. The highest BCUT2D eigenvalue weighted by atomic mass is 79.9. The second-order valence-corrected chi connectivity index (χ2v) is 6.40. The van der Waals surface area contributed by atoms with Crippen molar-refractivity contribution in [2.45, 2.75) is 45.7 Å². The van der Waals surface area contributed by atoms with Crippen LogP contribution in [-0.4, -0.2) is 12.6 Å². The molecule has 2 N–H and O–H groups in total. The van der Waals surface area contributed by atoms with E-state index in [2.05, 4.69) is 52.9 Å². The van der Waals surface area contributed by atoms with Gasteiger partial charge in [0.1, 0.15) is 0 Å². The van der Waals surface area contributed by atoms with Gasteiger partial charge in [-0.1, -0.05) is 35.8 Å². The molecule has 100 valence electrons. The van der Waals surface area contributed by atoms with E-state index < -0.39 is 0 Å². The van der Waals surface area contributed by atoms with E-state index in [-0.39, 0.29) is 0 Å². The predicted molar refractivity (Wildman–Crippen MR) is 81.9 cm³/mol. The molecule has 0 aromatic heterocycles. The summed E-state index contributed by atoms with van der Waals surface area (Å²) < 4.78 is 1.14. The summed E-state index contributed by atoms with van der Waals surface area (Å²) >= 11 is 3.62. The molecule has 0 unspecified atom stereocenters. The maximum absolute atomic E-state index is 5.91. The average molecular weight is 311 g/mol. The molecule has 1 fully saturated rings. The molecule has 0 aliphatic heterocycles. The van der Waals surface area contributed by atoms with Gasteiger partial charge in [-0.05, 0) is 37.3 Å². The van der Waals surface area contributed by atoms with Gasteiger partial charge in [-0.3, -0.25) is 0 Å². The molecule has 0 amide bonds. The number of halogens is 1. The first kappa shape index (κ1) is 13.9. The molecule has 0 saturated heterocycles. The zero-order valence-corrected chi connectivity index (χ0v) is 12.9. The van der Waals surface area contributed by atoms with Crippen molar-refractivity contribution in [1.82, 2.24) is 0 Å². The highest BCUT2D eigenvalue weighted by Crippen LogP contribution is 2.36. The van der Waals surface area contributed by atoms with Crippen molar-refractivity contribution >= 4 is 21.6 Å². The van der Waals surface area contributed by atoms with Crippen LogP contribution in [0.3, 0.4) is 0 Å². The van der Waals surface area contributed by atoms with Crippen LogP contribution in [0.25, 0.3) is 0 Å². The van der Waals surface area contributed by atoms with E-state index in [0.29, 0.717) is 6.54 Å². The van der Waals surface area contributed by atoms with E-state index in [0.717, 1.165) is 23.0 Å². The summed E-state index contributed by atoms with van der Waals surface area (Å²) in [5, 5.41) is 0. The lowest BCUT2D eigenvalue weighted by atomic mass is 10.1. The molecule has 18 heavy (non-hydrogen) atoms. The lowest BCUT2D eigenvalue weighted by Gasteiger charge is -2.28. The van der Waals surface area contributed by atoms with Gasteiger partial charge in [0.25, 0.3) is 0 Å². The number of rotatable bonds is 6. The number of anilines is 1. The van der Waals surface area contributed by atoms with Gasteiger partial charge in [-0.2, -0.15) is 0 Å². The van der Waals surface area contributed by atoms with Crippen molar-refractivity contribution in [1.29, 1.82) is 0 Å². The summed E-state index contributed by atoms with van der Waals surface area (Å²) in [7, 11) is 0. The molecule has 3 heteroatoms. The smallest absolute Gasteiger partial charge is 0.0425 e. The molecule has 2 rings (SSSR count). The summed E-state index contributed by atoms with van der Waals surface area (Å²) in [6.07, 6.45) is 3.90. The minimum absolute atomic E-state index is 0.599. The maximum Gasteiger partial charge on any atom is 0.0425 e. The summed E-state index contributed by atoms with van der Waals surface area (Å²) in [5.74, 6) is 0.750. The van der Waals surface area contributed by atoms with Gasteiger partial charge < -0.3 is 10.6 Å². The highest BCUT2D eigenvalue weighted by Gasteiger charge is 2.30. The van der Waals surface area contributed by atoms with Crippen LogP contribution < -0.4 is 10.6 Å². The van der Waals surface area contributed by atoms with Crippen LogP contribution in [0.5, 0.6) is 0 Å². The van der Waals surface area contributed by atoms with Crippen LogP contribution in [0.1, 0.15) is 38.7 Å². The normalized spacial score (nSPS) is 15.2. The van der Waals surface area contributed by atoms with Gasteiger partial charge >= 0.3 is 0 Å². The van der Waals surface area contributed by atoms with E-state index in [1.807, 2.05) is 0 Å². The Morgan fingerprint density at radius 3 is 2.67 bits per heavy atom. The SMILES string of the molecule is CC(C)CCN(c1cccc(Br)c1CN)C1CC1. The number of nitrogens with zero attached hydrogens (tertiary/aromatic N) is 1. The van der Waals surface area contributed by atoms with Gasteiger partial charge in [0.2, 0.25) is 0 Å². The average Bonchev–Trinajstić information content (AvgIpc) is 3.13. The Balaban J connectivity index is 2.22. The number of benzene rings is 1. The third-order valence-corrected chi connectivity index (χ3v) is 4.29. The van der Waals surface area contributed by atoms with Crippen LogP contribution >= 0.6 is 15.9 Å². The van der Waals surface area contributed by atoms with E-state index in [1.165, 1.54) is 30.5 Å². The third kappa shape index (κ3) is 3.27. The summed E-state index contributed by atoms with van der Waals surface area (Å²) in [5.41, 5.74) is 8.48. The van der Waals surface area contributed by atoms with Crippen LogP contribution in [0, 0.1) is 5.92 Å². The fraction of sp³-hybridized carbons (Fsp3) is 0.600. The van der Waals surface area contributed by atoms with Gasteiger partial charge in [0.05, 0.1) is 0 Å². The minimum atomic E-state index is 0.599. The monoisotopic (exact) mass is 310 g/mol. The van der Waals surface area contributed by atoms with Crippen LogP contribution in [0.4, 0.5) is 5.69 Å². The Morgan fingerprint density at radius 1 is 1.39 bits per heavy atom. The van der Waals surface area contributed by atoms with Crippen LogP contribution in [0.2, 0.25) is 0 Å². The molecule has 0 atom stereocenters. The van der Waals surface area contributed by atoms with Crippen molar-refractivity contribution in [2.24, 2.45) is 11.7 Å². The number of hydrogen-bond donors (Lipinski definition) is 1. The molecule has 2 nitrogen and oxygen atoms in total. The van der Waals surface area contributed by atoms with Gasteiger partial charge in [-0.15, -0.1) is 0 Å². The summed E-state index contributed by atoms with van der Waals surface area (Å²) in [4.78, 5) is 2.56. The predicted octanol–water partition coefficient (Wildman–Crippen LogP) is 3.92. The number of nitrogens with two attached hydrogens (primary N) is 1. The first-order chi connectivity index (χ1) is 8.63. The molecule has 1 aromatic rings. The van der Waals surface area contributed by atoms with Crippen LogP contribution in [0.15, 0.2) is 22.7 Å². The topological polar surface area (TPSA) is 29.3 Å². The first-order valence-corrected chi connectivity index (χ1v) is 7.67. The van der Waals surface area contributed by atoms with E-state index >= 15 is 0 Å². The van der Waals surface area contributed by atoms with E-state index in [4.69, 9.17) is 5.73 Å². The molecule has 0 spiro atoms. The highest BCUT2D eigenvalue weighted by molar-refractivity contribution is 9.10.